The zero-order valence-corrected chi connectivity index (χ0v) is 6.94. The van der Waals surface area contributed by atoms with Gasteiger partial charge in [-0.1, -0.05) is 6.07 Å². The first-order valence-electron chi connectivity index (χ1n) is 3.90. The quantitative estimate of drug-likeness (QED) is 0.656. The summed E-state index contributed by atoms with van der Waals surface area (Å²) in [4.78, 5) is 0. The maximum absolute atomic E-state index is 8.52. The van der Waals surface area contributed by atoms with Crippen LogP contribution in [0, 0.1) is 11.3 Å². The summed E-state index contributed by atoms with van der Waals surface area (Å²) in [7, 11) is 0. The van der Waals surface area contributed by atoms with Gasteiger partial charge < -0.3 is 5.73 Å². The monoisotopic (exact) mass is 172 g/mol. The molecule has 13 heavy (non-hydrogen) atoms. The fraction of sp³-hybridized carbons (Fsp3) is 0.111. The number of aromatic nitrogens is 2. The Hall–Kier alpha value is -2.02. The molecule has 0 aliphatic carbocycles. The molecule has 2 rings (SSSR count). The topological polar surface area (TPSA) is 67.6 Å². The Bertz CT molecular complexity index is 478. The van der Waals surface area contributed by atoms with Gasteiger partial charge in [0.2, 0.25) is 0 Å². The van der Waals surface area contributed by atoms with Crippen LogP contribution in [0.5, 0.6) is 0 Å². The number of rotatable bonds is 1. The number of nitrogens with two attached hydrogens (primary N) is 1. The van der Waals surface area contributed by atoms with Crippen molar-refractivity contribution in [1.82, 2.24) is 9.78 Å². The lowest BCUT2D eigenvalue weighted by Gasteiger charge is -1.97. The van der Waals surface area contributed by atoms with Gasteiger partial charge >= 0.3 is 0 Å². The number of hydrogen-bond donors (Lipinski definition) is 1. The molecule has 64 valence electrons. The van der Waals surface area contributed by atoms with E-state index >= 15 is 0 Å². The molecule has 0 aliphatic heterocycles. The van der Waals surface area contributed by atoms with E-state index in [2.05, 4.69) is 5.10 Å². The largest absolute Gasteiger partial charge is 0.398 e. The van der Waals surface area contributed by atoms with Crippen molar-refractivity contribution in [2.75, 3.05) is 5.73 Å². The van der Waals surface area contributed by atoms with E-state index in [9.17, 15) is 0 Å². The second-order valence-electron chi connectivity index (χ2n) is 2.74. The Kier molecular flexibility index (Phi) is 1.64. The fourth-order valence-corrected chi connectivity index (χ4v) is 1.32. The van der Waals surface area contributed by atoms with Crippen LogP contribution in [0.15, 0.2) is 24.4 Å². The first-order chi connectivity index (χ1) is 6.33. The number of nitrogen functional groups attached to an aromatic ring is 1. The normalized spacial score (nSPS) is 10.1. The molecule has 2 N–H and O–H groups in total. The number of nitrogens with zero attached hydrogens (tertiary/aromatic N) is 3. The summed E-state index contributed by atoms with van der Waals surface area (Å²) in [5.74, 6) is 0. The smallest absolute Gasteiger partial charge is 0.128 e. The van der Waals surface area contributed by atoms with Gasteiger partial charge in [-0.3, -0.25) is 4.68 Å². The first-order valence-corrected chi connectivity index (χ1v) is 3.90. The SMILES string of the molecule is N#CCn1ncc2c(N)cccc21. The van der Waals surface area contributed by atoms with Crippen molar-refractivity contribution in [1.29, 1.82) is 5.26 Å². The highest BCUT2D eigenvalue weighted by molar-refractivity contribution is 5.90. The number of fused-ring (bicyclic) bond motifs is 1. The van der Waals surface area contributed by atoms with E-state index in [1.54, 1.807) is 10.9 Å². The fourth-order valence-electron chi connectivity index (χ4n) is 1.32. The van der Waals surface area contributed by atoms with E-state index in [1.807, 2.05) is 24.3 Å². The van der Waals surface area contributed by atoms with Crippen LogP contribution in [0.2, 0.25) is 0 Å². The molecule has 0 saturated heterocycles. The van der Waals surface area contributed by atoms with Crippen molar-refractivity contribution in [3.05, 3.63) is 24.4 Å². The summed E-state index contributed by atoms with van der Waals surface area (Å²) in [6.07, 6.45) is 1.68. The molecule has 0 radical (unpaired) electrons. The number of benzene rings is 1. The second-order valence-corrected chi connectivity index (χ2v) is 2.74. The zero-order valence-electron chi connectivity index (χ0n) is 6.94. The van der Waals surface area contributed by atoms with E-state index in [0.717, 1.165) is 10.9 Å². The Morgan fingerprint density at radius 2 is 2.38 bits per heavy atom. The molecule has 0 unspecified atom stereocenters. The van der Waals surface area contributed by atoms with Gasteiger partial charge in [-0.25, -0.2) is 0 Å². The van der Waals surface area contributed by atoms with E-state index in [4.69, 9.17) is 11.0 Å². The summed E-state index contributed by atoms with van der Waals surface area (Å²) in [5.41, 5.74) is 7.33. The molecule has 1 aromatic carbocycles. The second kappa shape index (κ2) is 2.79. The standard InChI is InChI=1S/C9H8N4/c10-4-5-13-9-3-1-2-8(11)7(9)6-12-13/h1-3,6H,5,11H2. The molecule has 0 aliphatic rings. The summed E-state index contributed by atoms with van der Waals surface area (Å²) in [6.45, 7) is 0.257. The van der Waals surface area contributed by atoms with Crippen LogP contribution in [0.4, 0.5) is 5.69 Å². The van der Waals surface area contributed by atoms with Crippen molar-refractivity contribution in [2.24, 2.45) is 0 Å². The average molecular weight is 172 g/mol. The maximum Gasteiger partial charge on any atom is 0.128 e. The highest BCUT2D eigenvalue weighted by Crippen LogP contribution is 2.19. The molecule has 0 atom stereocenters. The van der Waals surface area contributed by atoms with Gasteiger partial charge in [-0.15, -0.1) is 0 Å². The zero-order chi connectivity index (χ0) is 9.26. The van der Waals surface area contributed by atoms with Gasteiger partial charge in [0.05, 0.1) is 17.8 Å². The molecular weight excluding hydrogens is 164 g/mol. The predicted octanol–water partition coefficient (Wildman–Crippen LogP) is 1.14. The third-order valence-corrected chi connectivity index (χ3v) is 1.94. The highest BCUT2D eigenvalue weighted by Gasteiger charge is 2.03. The van der Waals surface area contributed by atoms with Crippen LogP contribution in [-0.4, -0.2) is 9.78 Å². The minimum absolute atomic E-state index is 0.257. The van der Waals surface area contributed by atoms with Crippen LogP contribution < -0.4 is 5.73 Å². The van der Waals surface area contributed by atoms with Crippen LogP contribution in [0.25, 0.3) is 10.9 Å². The van der Waals surface area contributed by atoms with Gasteiger partial charge in [0.25, 0.3) is 0 Å². The maximum atomic E-state index is 8.52. The van der Waals surface area contributed by atoms with Gasteiger partial charge in [-0.05, 0) is 12.1 Å². The summed E-state index contributed by atoms with van der Waals surface area (Å²) >= 11 is 0. The lowest BCUT2D eigenvalue weighted by Crippen LogP contribution is -1.96. The average Bonchev–Trinajstić information content (AvgIpc) is 2.51. The molecule has 0 spiro atoms. The van der Waals surface area contributed by atoms with E-state index in [-0.39, 0.29) is 6.54 Å². The molecule has 0 fully saturated rings. The lowest BCUT2D eigenvalue weighted by atomic mass is 10.2. The van der Waals surface area contributed by atoms with Crippen molar-refractivity contribution in [3.8, 4) is 6.07 Å². The molecule has 0 bridgehead atoms. The molecule has 1 aromatic heterocycles. The van der Waals surface area contributed by atoms with Gasteiger partial charge in [0.1, 0.15) is 6.54 Å². The minimum Gasteiger partial charge on any atom is -0.398 e. The molecular formula is C9H8N4. The molecule has 0 amide bonds. The van der Waals surface area contributed by atoms with Crippen molar-refractivity contribution in [2.45, 2.75) is 6.54 Å². The van der Waals surface area contributed by atoms with Crippen LogP contribution in [0.3, 0.4) is 0 Å². The Morgan fingerprint density at radius 3 is 3.15 bits per heavy atom. The van der Waals surface area contributed by atoms with Crippen molar-refractivity contribution < 1.29 is 0 Å². The third-order valence-electron chi connectivity index (χ3n) is 1.94. The Balaban J connectivity index is 2.70. The van der Waals surface area contributed by atoms with Crippen LogP contribution in [0.1, 0.15) is 0 Å². The number of anilines is 1. The van der Waals surface area contributed by atoms with Crippen molar-refractivity contribution in [3.63, 3.8) is 0 Å². The number of hydrogen-bond acceptors (Lipinski definition) is 3. The Morgan fingerprint density at radius 1 is 1.54 bits per heavy atom. The minimum atomic E-state index is 0.257. The molecule has 1 heterocycles. The van der Waals surface area contributed by atoms with Crippen LogP contribution in [-0.2, 0) is 6.54 Å². The third kappa shape index (κ3) is 1.11. The van der Waals surface area contributed by atoms with E-state index in [0.29, 0.717) is 5.69 Å². The first kappa shape index (κ1) is 7.62. The molecule has 2 aromatic rings. The molecule has 4 heteroatoms. The summed E-state index contributed by atoms with van der Waals surface area (Å²) in [6, 6.07) is 7.61. The van der Waals surface area contributed by atoms with Crippen LogP contribution >= 0.6 is 0 Å². The summed E-state index contributed by atoms with van der Waals surface area (Å²) < 4.78 is 1.63. The van der Waals surface area contributed by atoms with E-state index < -0.39 is 0 Å². The van der Waals surface area contributed by atoms with Gasteiger partial charge in [0.15, 0.2) is 0 Å². The highest BCUT2D eigenvalue weighted by atomic mass is 15.3. The van der Waals surface area contributed by atoms with Crippen molar-refractivity contribution >= 4 is 16.6 Å². The summed E-state index contributed by atoms with van der Waals surface area (Å²) in [5, 5.41) is 13.5. The number of nitriles is 1. The molecule has 4 nitrogen and oxygen atoms in total. The lowest BCUT2D eigenvalue weighted by molar-refractivity contribution is 0.736. The van der Waals surface area contributed by atoms with Gasteiger partial charge in [-0.2, -0.15) is 10.4 Å². The molecule has 0 saturated carbocycles. The predicted molar refractivity (Wildman–Crippen MR) is 49.8 cm³/mol. The Labute approximate surface area is 75.2 Å². The van der Waals surface area contributed by atoms with E-state index in [1.165, 1.54) is 0 Å². The van der Waals surface area contributed by atoms with Gasteiger partial charge in [0, 0.05) is 11.1 Å².